The second kappa shape index (κ2) is 3.57. The topological polar surface area (TPSA) is 61.4 Å². The summed E-state index contributed by atoms with van der Waals surface area (Å²) < 4.78 is 0. The molecule has 4 nitrogen and oxygen atoms in total. The quantitative estimate of drug-likeness (QED) is 0.517. The maximum atomic E-state index is 10.3. The second-order valence-corrected chi connectivity index (χ2v) is 2.94. The Balaban J connectivity index is 2.35. The van der Waals surface area contributed by atoms with E-state index in [2.05, 4.69) is 10.6 Å². The van der Waals surface area contributed by atoms with Crippen LogP contribution in [0, 0.1) is 0 Å². The minimum atomic E-state index is -0.925. The fraction of sp³-hybridized carbons (Fsp3) is 0.857. The van der Waals surface area contributed by atoms with Gasteiger partial charge in [0.2, 0.25) is 0 Å². The Kier molecular flexibility index (Phi) is 2.70. The van der Waals surface area contributed by atoms with Crippen LogP contribution < -0.4 is 10.6 Å². The molecule has 1 saturated heterocycles. The summed E-state index contributed by atoms with van der Waals surface area (Å²) in [6.45, 7) is 3.00. The third-order valence-electron chi connectivity index (χ3n) is 2.07. The van der Waals surface area contributed by atoms with Crippen LogP contribution >= 0.6 is 0 Å². The van der Waals surface area contributed by atoms with E-state index in [-0.39, 0.29) is 12.1 Å². The van der Waals surface area contributed by atoms with Crippen LogP contribution in [-0.4, -0.2) is 29.8 Å². The Hall–Kier alpha value is -0.770. The average molecular weight is 158 g/mol. The van der Waals surface area contributed by atoms with Crippen LogP contribution in [0.15, 0.2) is 0 Å². The van der Waals surface area contributed by atoms with E-state index >= 15 is 0 Å². The predicted octanol–water partition coefficient (Wildman–Crippen LogP) is 0.395. The first-order chi connectivity index (χ1) is 5.20. The van der Waals surface area contributed by atoms with E-state index in [9.17, 15) is 4.79 Å². The first-order valence-electron chi connectivity index (χ1n) is 3.93. The van der Waals surface area contributed by atoms with Crippen molar-refractivity contribution in [2.45, 2.75) is 31.8 Å². The highest BCUT2D eigenvalue weighted by Crippen LogP contribution is 2.07. The molecule has 11 heavy (non-hydrogen) atoms. The number of piperidine rings is 1. The smallest absolute Gasteiger partial charge is 0.404 e. The molecule has 1 heterocycles. The van der Waals surface area contributed by atoms with E-state index in [1.165, 1.54) is 0 Å². The van der Waals surface area contributed by atoms with Crippen molar-refractivity contribution in [1.29, 1.82) is 0 Å². The molecule has 0 unspecified atom stereocenters. The summed E-state index contributed by atoms with van der Waals surface area (Å²) in [6, 6.07) is 0.348. The van der Waals surface area contributed by atoms with Gasteiger partial charge in [-0.25, -0.2) is 4.79 Å². The number of amides is 1. The van der Waals surface area contributed by atoms with Crippen LogP contribution in [-0.2, 0) is 0 Å². The number of rotatable bonds is 1. The minimum Gasteiger partial charge on any atom is -0.465 e. The monoisotopic (exact) mass is 158 g/mol. The van der Waals surface area contributed by atoms with E-state index in [1.54, 1.807) is 0 Å². The van der Waals surface area contributed by atoms with Crippen molar-refractivity contribution in [3.05, 3.63) is 0 Å². The van der Waals surface area contributed by atoms with Gasteiger partial charge < -0.3 is 15.7 Å². The van der Waals surface area contributed by atoms with Crippen molar-refractivity contribution < 1.29 is 9.90 Å². The zero-order valence-corrected chi connectivity index (χ0v) is 6.63. The van der Waals surface area contributed by atoms with Crippen molar-refractivity contribution in [2.75, 3.05) is 6.54 Å². The van der Waals surface area contributed by atoms with Gasteiger partial charge in [0, 0.05) is 12.1 Å². The van der Waals surface area contributed by atoms with E-state index < -0.39 is 6.09 Å². The summed E-state index contributed by atoms with van der Waals surface area (Å²) in [5.41, 5.74) is 0. The second-order valence-electron chi connectivity index (χ2n) is 2.94. The lowest BCUT2D eigenvalue weighted by Gasteiger charge is -2.29. The molecule has 0 aromatic rings. The normalized spacial score (nSPS) is 31.4. The van der Waals surface area contributed by atoms with Crippen LogP contribution in [0.2, 0.25) is 0 Å². The van der Waals surface area contributed by atoms with Gasteiger partial charge in [0.25, 0.3) is 0 Å². The summed E-state index contributed by atoms with van der Waals surface area (Å²) in [7, 11) is 0. The first-order valence-corrected chi connectivity index (χ1v) is 3.93. The molecule has 0 spiro atoms. The number of carbonyl (C=O) groups is 1. The molecule has 2 atom stereocenters. The van der Waals surface area contributed by atoms with Gasteiger partial charge in [0.05, 0.1) is 0 Å². The summed E-state index contributed by atoms with van der Waals surface area (Å²) in [5, 5.41) is 14.1. The highest BCUT2D eigenvalue weighted by atomic mass is 16.4. The molecule has 1 fully saturated rings. The van der Waals surface area contributed by atoms with Crippen molar-refractivity contribution in [3.8, 4) is 0 Å². The number of hydrogen-bond donors (Lipinski definition) is 3. The molecular formula is C7H14N2O2. The molecule has 1 rings (SSSR count). The lowest BCUT2D eigenvalue weighted by molar-refractivity contribution is 0.182. The van der Waals surface area contributed by atoms with Crippen LogP contribution in [0.1, 0.15) is 19.8 Å². The van der Waals surface area contributed by atoms with Crippen molar-refractivity contribution in [1.82, 2.24) is 10.6 Å². The molecule has 3 N–H and O–H groups in total. The SMILES string of the molecule is C[C@@H]1NCCC[C@@H]1NC(=O)O. The Bertz CT molecular complexity index is 149. The van der Waals surface area contributed by atoms with Crippen LogP contribution in [0.3, 0.4) is 0 Å². The summed E-state index contributed by atoms with van der Waals surface area (Å²) in [6.07, 6.45) is 1.07. The van der Waals surface area contributed by atoms with E-state index in [1.807, 2.05) is 6.92 Å². The maximum Gasteiger partial charge on any atom is 0.404 e. The van der Waals surface area contributed by atoms with Crippen LogP contribution in [0.4, 0.5) is 4.79 Å². The molecule has 0 bridgehead atoms. The standard InChI is InChI=1S/C7H14N2O2/c1-5-6(9-7(10)11)3-2-4-8-5/h5-6,8-9H,2-4H2,1H3,(H,10,11)/t5-,6-/m0/s1. The first kappa shape index (κ1) is 8.33. The van der Waals surface area contributed by atoms with Crippen molar-refractivity contribution >= 4 is 6.09 Å². The number of hydrogen-bond acceptors (Lipinski definition) is 2. The van der Waals surface area contributed by atoms with Gasteiger partial charge in [-0.1, -0.05) is 0 Å². The van der Waals surface area contributed by atoms with Gasteiger partial charge in [-0.15, -0.1) is 0 Å². The number of nitrogens with one attached hydrogen (secondary N) is 2. The van der Waals surface area contributed by atoms with E-state index in [4.69, 9.17) is 5.11 Å². The Morgan fingerprint density at radius 3 is 3.00 bits per heavy atom. The lowest BCUT2D eigenvalue weighted by Crippen LogP contribution is -2.51. The summed E-state index contributed by atoms with van der Waals surface area (Å²) >= 11 is 0. The minimum absolute atomic E-state index is 0.0845. The van der Waals surface area contributed by atoms with Crippen molar-refractivity contribution in [2.24, 2.45) is 0 Å². The lowest BCUT2D eigenvalue weighted by atomic mass is 10.0. The maximum absolute atomic E-state index is 10.3. The molecule has 1 aliphatic rings. The van der Waals surface area contributed by atoms with Crippen LogP contribution in [0.25, 0.3) is 0 Å². The Labute approximate surface area is 66.0 Å². The zero-order valence-electron chi connectivity index (χ0n) is 6.63. The van der Waals surface area contributed by atoms with E-state index in [0.717, 1.165) is 19.4 Å². The Morgan fingerprint density at radius 2 is 2.45 bits per heavy atom. The van der Waals surface area contributed by atoms with Gasteiger partial charge in [-0.2, -0.15) is 0 Å². The molecule has 1 aliphatic heterocycles. The third-order valence-corrected chi connectivity index (χ3v) is 2.07. The molecule has 4 heteroatoms. The number of carboxylic acid groups (broad SMARTS) is 1. The largest absolute Gasteiger partial charge is 0.465 e. The highest BCUT2D eigenvalue weighted by molar-refractivity contribution is 5.64. The predicted molar refractivity (Wildman–Crippen MR) is 41.6 cm³/mol. The molecule has 0 aromatic carbocycles. The zero-order chi connectivity index (χ0) is 8.27. The molecule has 1 amide bonds. The summed E-state index contributed by atoms with van der Waals surface area (Å²) in [5.74, 6) is 0. The van der Waals surface area contributed by atoms with Gasteiger partial charge in [0.15, 0.2) is 0 Å². The highest BCUT2D eigenvalue weighted by Gasteiger charge is 2.21. The van der Waals surface area contributed by atoms with Crippen LogP contribution in [0.5, 0.6) is 0 Å². The Morgan fingerprint density at radius 1 is 1.73 bits per heavy atom. The fourth-order valence-electron chi connectivity index (χ4n) is 1.40. The molecule has 0 aromatic heterocycles. The molecule has 0 aliphatic carbocycles. The molecule has 64 valence electrons. The van der Waals surface area contributed by atoms with Gasteiger partial charge >= 0.3 is 6.09 Å². The van der Waals surface area contributed by atoms with Gasteiger partial charge in [-0.05, 0) is 26.3 Å². The van der Waals surface area contributed by atoms with Gasteiger partial charge in [0.1, 0.15) is 0 Å². The summed E-state index contributed by atoms with van der Waals surface area (Å²) in [4.78, 5) is 10.3. The average Bonchev–Trinajstić information content (AvgIpc) is 1.93. The molecular weight excluding hydrogens is 144 g/mol. The molecule has 0 radical (unpaired) electrons. The third kappa shape index (κ3) is 2.38. The molecule has 0 saturated carbocycles. The fourth-order valence-corrected chi connectivity index (χ4v) is 1.40. The van der Waals surface area contributed by atoms with Crippen molar-refractivity contribution in [3.63, 3.8) is 0 Å². The van der Waals surface area contributed by atoms with E-state index in [0.29, 0.717) is 0 Å². The van der Waals surface area contributed by atoms with Gasteiger partial charge in [-0.3, -0.25) is 0 Å².